The quantitative estimate of drug-likeness (QED) is 0.740. The number of pyridine rings is 1. The van der Waals surface area contributed by atoms with Crippen molar-refractivity contribution in [2.75, 3.05) is 51.1 Å². The van der Waals surface area contributed by atoms with Gasteiger partial charge in [0.15, 0.2) is 16.6 Å². The van der Waals surface area contributed by atoms with Crippen LogP contribution in [0.5, 0.6) is 11.5 Å². The monoisotopic (exact) mass is 400 g/mol. The van der Waals surface area contributed by atoms with Crippen LogP contribution in [0.4, 0.5) is 5.69 Å². The summed E-state index contributed by atoms with van der Waals surface area (Å²) in [7, 11) is 0. The number of hydrogen-bond acceptors (Lipinski definition) is 6. The molecule has 2 aromatic rings. The molecule has 2 aliphatic heterocycles. The zero-order valence-electron chi connectivity index (χ0n) is 15.7. The molecule has 148 valence electrons. The Hall–Kier alpha value is -2.42. The van der Waals surface area contributed by atoms with Crippen LogP contribution in [0.25, 0.3) is 0 Å². The summed E-state index contributed by atoms with van der Waals surface area (Å²) in [5.74, 6) is 1.51. The van der Waals surface area contributed by atoms with E-state index in [1.54, 1.807) is 12.4 Å². The Morgan fingerprint density at radius 2 is 1.89 bits per heavy atom. The SMILES string of the molecule is S=C(NCCN1CCOCC1)N(Cc1ccncc1)c1ccc2c(c1)OCO2. The molecule has 0 saturated carbocycles. The van der Waals surface area contributed by atoms with Crippen LogP contribution in [-0.4, -0.2) is 61.2 Å². The molecule has 0 amide bonds. The highest BCUT2D eigenvalue weighted by molar-refractivity contribution is 7.80. The van der Waals surface area contributed by atoms with Crippen molar-refractivity contribution in [3.8, 4) is 11.5 Å². The third-order valence-corrected chi connectivity index (χ3v) is 5.18. The van der Waals surface area contributed by atoms with Crippen LogP contribution < -0.4 is 19.7 Å². The molecule has 0 bridgehead atoms. The fourth-order valence-electron chi connectivity index (χ4n) is 3.25. The van der Waals surface area contributed by atoms with Crippen molar-refractivity contribution in [1.29, 1.82) is 0 Å². The van der Waals surface area contributed by atoms with Gasteiger partial charge in [-0.3, -0.25) is 9.88 Å². The molecule has 0 spiro atoms. The van der Waals surface area contributed by atoms with Gasteiger partial charge in [-0.25, -0.2) is 0 Å². The number of benzene rings is 1. The van der Waals surface area contributed by atoms with Crippen molar-refractivity contribution in [2.24, 2.45) is 0 Å². The van der Waals surface area contributed by atoms with Crippen molar-refractivity contribution in [3.63, 3.8) is 0 Å². The fourth-order valence-corrected chi connectivity index (χ4v) is 3.52. The summed E-state index contributed by atoms with van der Waals surface area (Å²) in [5.41, 5.74) is 2.09. The van der Waals surface area contributed by atoms with Gasteiger partial charge in [0.25, 0.3) is 0 Å². The Bertz CT molecular complexity index is 799. The minimum Gasteiger partial charge on any atom is -0.454 e. The lowest BCUT2D eigenvalue weighted by Gasteiger charge is -2.29. The zero-order valence-corrected chi connectivity index (χ0v) is 16.5. The van der Waals surface area contributed by atoms with Gasteiger partial charge in [-0.15, -0.1) is 0 Å². The van der Waals surface area contributed by atoms with Crippen LogP contribution in [0.2, 0.25) is 0 Å². The first kappa shape index (κ1) is 18.9. The van der Waals surface area contributed by atoms with Crippen LogP contribution in [0, 0.1) is 0 Å². The van der Waals surface area contributed by atoms with E-state index in [0.717, 1.165) is 62.1 Å². The standard InChI is InChI=1S/C20H24N4O3S/c28-20(22-7-8-23-9-11-25-12-10-23)24(14-16-3-5-21-6-4-16)17-1-2-18-19(13-17)27-15-26-18/h1-6,13H,7-12,14-15H2,(H,22,28). The highest BCUT2D eigenvalue weighted by Crippen LogP contribution is 2.35. The van der Waals surface area contributed by atoms with Gasteiger partial charge >= 0.3 is 0 Å². The molecule has 4 rings (SSSR count). The molecule has 3 heterocycles. The van der Waals surface area contributed by atoms with Crippen LogP contribution in [0.1, 0.15) is 5.56 Å². The largest absolute Gasteiger partial charge is 0.454 e. The zero-order chi connectivity index (χ0) is 19.2. The summed E-state index contributed by atoms with van der Waals surface area (Å²) in [5, 5.41) is 4.09. The first-order chi connectivity index (χ1) is 13.8. The number of ether oxygens (including phenoxy) is 3. The Morgan fingerprint density at radius 3 is 2.71 bits per heavy atom. The predicted octanol–water partition coefficient (Wildman–Crippen LogP) is 2.02. The third-order valence-electron chi connectivity index (χ3n) is 4.81. The van der Waals surface area contributed by atoms with Gasteiger partial charge in [0.05, 0.1) is 19.8 Å². The Morgan fingerprint density at radius 1 is 1.11 bits per heavy atom. The lowest BCUT2D eigenvalue weighted by atomic mass is 10.2. The molecule has 7 nitrogen and oxygen atoms in total. The molecule has 0 atom stereocenters. The maximum absolute atomic E-state index is 5.74. The van der Waals surface area contributed by atoms with Gasteiger partial charge in [-0.05, 0) is 42.0 Å². The Kier molecular flexibility index (Phi) is 6.20. The highest BCUT2D eigenvalue weighted by atomic mass is 32.1. The molecule has 8 heteroatoms. The van der Waals surface area contributed by atoms with Gasteiger partial charge < -0.3 is 24.4 Å². The highest BCUT2D eigenvalue weighted by Gasteiger charge is 2.19. The summed E-state index contributed by atoms with van der Waals surface area (Å²) < 4.78 is 16.4. The average Bonchev–Trinajstić information content (AvgIpc) is 3.21. The first-order valence-electron chi connectivity index (χ1n) is 9.43. The van der Waals surface area contributed by atoms with E-state index in [1.807, 2.05) is 30.3 Å². The van der Waals surface area contributed by atoms with E-state index in [2.05, 4.69) is 20.1 Å². The molecule has 1 N–H and O–H groups in total. The second-order valence-electron chi connectivity index (χ2n) is 6.67. The molecule has 1 saturated heterocycles. The number of anilines is 1. The summed E-state index contributed by atoms with van der Waals surface area (Å²) >= 11 is 5.74. The van der Waals surface area contributed by atoms with Crippen LogP contribution in [0.15, 0.2) is 42.7 Å². The van der Waals surface area contributed by atoms with Gasteiger partial charge in [-0.1, -0.05) is 0 Å². The van der Waals surface area contributed by atoms with Crippen molar-refractivity contribution < 1.29 is 14.2 Å². The van der Waals surface area contributed by atoms with Gasteiger partial charge in [0.1, 0.15) is 0 Å². The summed E-state index contributed by atoms with van der Waals surface area (Å²) in [6, 6.07) is 9.89. The van der Waals surface area contributed by atoms with E-state index in [4.69, 9.17) is 26.4 Å². The van der Waals surface area contributed by atoms with Crippen molar-refractivity contribution in [1.82, 2.24) is 15.2 Å². The first-order valence-corrected chi connectivity index (χ1v) is 9.84. The predicted molar refractivity (Wildman–Crippen MR) is 111 cm³/mol. The third kappa shape index (κ3) is 4.70. The van der Waals surface area contributed by atoms with Gasteiger partial charge in [-0.2, -0.15) is 0 Å². The molecule has 28 heavy (non-hydrogen) atoms. The number of thiocarbonyl (C=S) groups is 1. The molecular weight excluding hydrogens is 376 g/mol. The number of rotatable bonds is 6. The second kappa shape index (κ2) is 9.18. The number of fused-ring (bicyclic) bond motifs is 1. The molecular formula is C20H24N4O3S. The maximum atomic E-state index is 5.74. The summed E-state index contributed by atoms with van der Waals surface area (Å²) in [4.78, 5) is 8.56. The van der Waals surface area contributed by atoms with E-state index in [-0.39, 0.29) is 6.79 Å². The fraction of sp³-hybridized carbons (Fsp3) is 0.400. The van der Waals surface area contributed by atoms with Crippen molar-refractivity contribution in [3.05, 3.63) is 48.3 Å². The normalized spacial score (nSPS) is 16.0. The number of nitrogens with zero attached hydrogens (tertiary/aromatic N) is 3. The minimum absolute atomic E-state index is 0.255. The van der Waals surface area contributed by atoms with Crippen LogP contribution in [0.3, 0.4) is 0 Å². The van der Waals surface area contributed by atoms with Crippen molar-refractivity contribution >= 4 is 23.0 Å². The molecule has 0 aliphatic carbocycles. The number of aromatic nitrogens is 1. The maximum Gasteiger partial charge on any atom is 0.231 e. The summed E-state index contributed by atoms with van der Waals surface area (Å²) in [6.07, 6.45) is 3.59. The van der Waals surface area contributed by atoms with E-state index in [9.17, 15) is 0 Å². The Labute approximate surface area is 170 Å². The second-order valence-corrected chi connectivity index (χ2v) is 7.05. The molecule has 0 radical (unpaired) electrons. The van der Waals surface area contributed by atoms with Crippen molar-refractivity contribution in [2.45, 2.75) is 6.54 Å². The summed E-state index contributed by atoms with van der Waals surface area (Å²) in [6.45, 7) is 6.17. The van der Waals surface area contributed by atoms with Crippen LogP contribution in [-0.2, 0) is 11.3 Å². The average molecular weight is 401 g/mol. The van der Waals surface area contributed by atoms with Gasteiger partial charge in [0.2, 0.25) is 6.79 Å². The molecule has 0 unspecified atom stereocenters. The number of nitrogens with one attached hydrogen (secondary N) is 1. The van der Waals surface area contributed by atoms with E-state index in [0.29, 0.717) is 11.7 Å². The number of morpholine rings is 1. The Balaban J connectivity index is 1.45. The topological polar surface area (TPSA) is 59.1 Å². The molecule has 1 aromatic heterocycles. The lowest BCUT2D eigenvalue weighted by molar-refractivity contribution is 0.0389. The minimum atomic E-state index is 0.255. The molecule has 1 aromatic carbocycles. The van der Waals surface area contributed by atoms with Gasteiger partial charge in [0, 0.05) is 50.3 Å². The molecule has 2 aliphatic rings. The number of hydrogen-bond donors (Lipinski definition) is 1. The van der Waals surface area contributed by atoms with E-state index < -0.39 is 0 Å². The van der Waals surface area contributed by atoms with Crippen LogP contribution >= 0.6 is 12.2 Å². The smallest absolute Gasteiger partial charge is 0.231 e. The lowest BCUT2D eigenvalue weighted by Crippen LogP contribution is -2.45. The molecule has 1 fully saturated rings. The van der Waals surface area contributed by atoms with E-state index >= 15 is 0 Å². The van der Waals surface area contributed by atoms with E-state index in [1.165, 1.54) is 0 Å².